The number of likely N-dealkylation sites (N-methyl/N-ethyl adjacent to an activating group) is 1. The van der Waals surface area contributed by atoms with E-state index in [1.807, 2.05) is 13.8 Å². The van der Waals surface area contributed by atoms with Crippen LogP contribution in [0.2, 0.25) is 0 Å². The van der Waals surface area contributed by atoms with Crippen LogP contribution in [0.1, 0.15) is 47.0 Å². The van der Waals surface area contributed by atoms with Crippen LogP contribution >= 0.6 is 0 Å². The van der Waals surface area contributed by atoms with Gasteiger partial charge in [-0.2, -0.15) is 4.31 Å². The van der Waals surface area contributed by atoms with E-state index in [2.05, 4.69) is 0 Å². The lowest BCUT2D eigenvalue weighted by atomic mass is 10.1. The molecule has 1 fully saturated rings. The maximum Gasteiger partial charge on any atom is 0.241 e. The maximum absolute atomic E-state index is 12.6. The fourth-order valence-corrected chi connectivity index (χ4v) is 4.46. The SMILES string of the molecule is CCCS(=O)(=O)N1CCCC1C(=O)N(CC)CC(C)(C)O. The average molecular weight is 320 g/mol. The van der Waals surface area contributed by atoms with Gasteiger partial charge in [0.1, 0.15) is 6.04 Å². The molecule has 0 bridgehead atoms. The molecule has 0 spiro atoms. The van der Waals surface area contributed by atoms with Crippen LogP contribution in [0.5, 0.6) is 0 Å². The highest BCUT2D eigenvalue weighted by molar-refractivity contribution is 7.89. The first-order chi connectivity index (χ1) is 9.62. The molecule has 0 aromatic rings. The second-order valence-electron chi connectivity index (χ2n) is 6.25. The minimum Gasteiger partial charge on any atom is -0.389 e. The second-order valence-corrected chi connectivity index (χ2v) is 8.29. The minimum atomic E-state index is -3.37. The molecule has 1 amide bonds. The Morgan fingerprint density at radius 3 is 2.48 bits per heavy atom. The number of hydrogen-bond donors (Lipinski definition) is 1. The lowest BCUT2D eigenvalue weighted by Gasteiger charge is -2.32. The van der Waals surface area contributed by atoms with Crippen molar-refractivity contribution in [2.45, 2.75) is 58.6 Å². The van der Waals surface area contributed by atoms with Crippen molar-refractivity contribution in [1.82, 2.24) is 9.21 Å². The van der Waals surface area contributed by atoms with Crippen LogP contribution in [0.4, 0.5) is 0 Å². The van der Waals surface area contributed by atoms with E-state index in [-0.39, 0.29) is 18.2 Å². The molecular weight excluding hydrogens is 292 g/mol. The predicted octanol–water partition coefficient (Wildman–Crippen LogP) is 0.810. The highest BCUT2D eigenvalue weighted by Crippen LogP contribution is 2.24. The van der Waals surface area contributed by atoms with E-state index in [9.17, 15) is 18.3 Å². The van der Waals surface area contributed by atoms with E-state index in [0.717, 1.165) is 0 Å². The van der Waals surface area contributed by atoms with Gasteiger partial charge in [0.25, 0.3) is 0 Å². The van der Waals surface area contributed by atoms with E-state index in [4.69, 9.17) is 0 Å². The van der Waals surface area contributed by atoms with Gasteiger partial charge in [-0.1, -0.05) is 6.92 Å². The molecule has 1 heterocycles. The first-order valence-corrected chi connectivity index (χ1v) is 9.24. The molecule has 1 rings (SSSR count). The smallest absolute Gasteiger partial charge is 0.241 e. The second kappa shape index (κ2) is 7.07. The standard InChI is InChI=1S/C14H28N2O4S/c1-5-10-21(19,20)16-9-7-8-12(16)13(17)15(6-2)11-14(3,4)18/h12,18H,5-11H2,1-4H3. The molecule has 1 N–H and O–H groups in total. The van der Waals surface area contributed by atoms with E-state index < -0.39 is 21.7 Å². The topological polar surface area (TPSA) is 77.9 Å². The van der Waals surface area contributed by atoms with Crippen molar-refractivity contribution in [1.29, 1.82) is 0 Å². The summed E-state index contributed by atoms with van der Waals surface area (Å²) in [6, 6.07) is -0.608. The number of amides is 1. The first-order valence-electron chi connectivity index (χ1n) is 7.63. The number of carbonyl (C=O) groups is 1. The molecule has 0 saturated carbocycles. The van der Waals surface area contributed by atoms with Crippen LogP contribution in [-0.2, 0) is 14.8 Å². The molecule has 0 aromatic carbocycles. The molecule has 0 aliphatic carbocycles. The predicted molar refractivity (Wildman–Crippen MR) is 82.4 cm³/mol. The molecule has 7 heteroatoms. The van der Waals surface area contributed by atoms with Crippen molar-refractivity contribution >= 4 is 15.9 Å². The average Bonchev–Trinajstić information content (AvgIpc) is 2.83. The summed E-state index contributed by atoms with van der Waals surface area (Å²) in [5, 5.41) is 9.90. The van der Waals surface area contributed by atoms with Gasteiger partial charge in [0, 0.05) is 19.6 Å². The molecule has 0 aromatic heterocycles. The maximum atomic E-state index is 12.6. The summed E-state index contributed by atoms with van der Waals surface area (Å²) >= 11 is 0. The van der Waals surface area contributed by atoms with Gasteiger partial charge >= 0.3 is 0 Å². The summed E-state index contributed by atoms with van der Waals surface area (Å²) in [6.45, 7) is 8.02. The number of nitrogens with zero attached hydrogens (tertiary/aromatic N) is 2. The van der Waals surface area contributed by atoms with Crippen molar-refractivity contribution < 1.29 is 18.3 Å². The van der Waals surface area contributed by atoms with E-state index in [0.29, 0.717) is 32.4 Å². The molecule has 21 heavy (non-hydrogen) atoms. The van der Waals surface area contributed by atoms with Crippen molar-refractivity contribution in [3.8, 4) is 0 Å². The van der Waals surface area contributed by atoms with Crippen molar-refractivity contribution in [2.24, 2.45) is 0 Å². The monoisotopic (exact) mass is 320 g/mol. The van der Waals surface area contributed by atoms with Gasteiger partial charge in [0.2, 0.25) is 15.9 Å². The van der Waals surface area contributed by atoms with E-state index >= 15 is 0 Å². The molecule has 6 nitrogen and oxygen atoms in total. The summed E-state index contributed by atoms with van der Waals surface area (Å²) in [4.78, 5) is 14.2. The fraction of sp³-hybridized carbons (Fsp3) is 0.929. The van der Waals surface area contributed by atoms with Gasteiger partial charge in [0.05, 0.1) is 11.4 Å². The Bertz CT molecular complexity index is 456. The molecule has 1 aliphatic rings. The fourth-order valence-electron chi connectivity index (χ4n) is 2.72. The zero-order chi connectivity index (χ0) is 16.3. The summed E-state index contributed by atoms with van der Waals surface area (Å²) in [5.41, 5.74) is -0.989. The summed E-state index contributed by atoms with van der Waals surface area (Å²) in [5.74, 6) is -0.120. The largest absolute Gasteiger partial charge is 0.389 e. The molecule has 1 aliphatic heterocycles. The van der Waals surface area contributed by atoms with Crippen LogP contribution in [0.15, 0.2) is 0 Å². The van der Waals surface area contributed by atoms with Crippen LogP contribution in [-0.4, -0.2) is 65.7 Å². The van der Waals surface area contributed by atoms with Crippen molar-refractivity contribution in [3.05, 3.63) is 0 Å². The van der Waals surface area contributed by atoms with Gasteiger partial charge in [0.15, 0.2) is 0 Å². The Labute approximate surface area is 128 Å². The minimum absolute atomic E-state index is 0.0778. The van der Waals surface area contributed by atoms with Gasteiger partial charge < -0.3 is 10.0 Å². The van der Waals surface area contributed by atoms with E-state index in [1.165, 1.54) is 4.31 Å². The normalized spacial score (nSPS) is 20.7. The van der Waals surface area contributed by atoms with Crippen LogP contribution in [0.25, 0.3) is 0 Å². The Hall–Kier alpha value is -0.660. The summed E-state index contributed by atoms with van der Waals surface area (Å²) in [6.07, 6.45) is 1.81. The Morgan fingerprint density at radius 2 is 2.00 bits per heavy atom. The van der Waals surface area contributed by atoms with Gasteiger partial charge in [-0.25, -0.2) is 8.42 Å². The quantitative estimate of drug-likeness (QED) is 0.753. The van der Waals surface area contributed by atoms with Crippen molar-refractivity contribution in [2.75, 3.05) is 25.4 Å². The first kappa shape index (κ1) is 18.4. The highest BCUT2D eigenvalue weighted by Gasteiger charge is 2.40. The molecule has 124 valence electrons. The summed E-state index contributed by atoms with van der Waals surface area (Å²) in [7, 11) is -3.37. The third-order valence-electron chi connectivity index (χ3n) is 3.58. The zero-order valence-electron chi connectivity index (χ0n) is 13.5. The number of carbonyl (C=O) groups excluding carboxylic acids is 1. The molecular formula is C14H28N2O4S. The molecule has 1 saturated heterocycles. The van der Waals surface area contributed by atoms with Crippen LogP contribution in [0, 0.1) is 0 Å². The number of sulfonamides is 1. The van der Waals surface area contributed by atoms with Crippen LogP contribution in [0.3, 0.4) is 0 Å². The lowest BCUT2D eigenvalue weighted by Crippen LogP contribution is -2.51. The van der Waals surface area contributed by atoms with Crippen molar-refractivity contribution in [3.63, 3.8) is 0 Å². The Kier molecular flexibility index (Phi) is 6.19. The van der Waals surface area contributed by atoms with Gasteiger partial charge in [-0.05, 0) is 40.0 Å². The lowest BCUT2D eigenvalue weighted by molar-refractivity contribution is -0.137. The molecule has 0 radical (unpaired) electrons. The number of rotatable bonds is 7. The zero-order valence-corrected chi connectivity index (χ0v) is 14.3. The molecule has 1 atom stereocenters. The number of aliphatic hydroxyl groups is 1. The Balaban J connectivity index is 2.89. The number of hydrogen-bond acceptors (Lipinski definition) is 4. The van der Waals surface area contributed by atoms with Gasteiger partial charge in [-0.3, -0.25) is 4.79 Å². The highest BCUT2D eigenvalue weighted by atomic mass is 32.2. The van der Waals surface area contributed by atoms with E-state index in [1.54, 1.807) is 18.7 Å². The molecule has 1 unspecified atom stereocenters. The van der Waals surface area contributed by atoms with Crippen LogP contribution < -0.4 is 0 Å². The Morgan fingerprint density at radius 1 is 1.38 bits per heavy atom. The third kappa shape index (κ3) is 4.93. The van der Waals surface area contributed by atoms with Gasteiger partial charge in [-0.15, -0.1) is 0 Å². The third-order valence-corrected chi connectivity index (χ3v) is 5.66. The summed E-state index contributed by atoms with van der Waals surface area (Å²) < 4.78 is 25.9.